The second-order valence-corrected chi connectivity index (χ2v) is 12.2. The number of carbonyl (C=O) groups is 5. The van der Waals surface area contributed by atoms with E-state index in [2.05, 4.69) is 10.6 Å². The molecule has 6 atom stereocenters. The molecule has 0 radical (unpaired) electrons. The van der Waals surface area contributed by atoms with Crippen LogP contribution in [0.5, 0.6) is 0 Å². The maximum atomic E-state index is 13.8. The molecule has 1 aliphatic carbocycles. The SMILES string of the molecule is CO[C@@H]1/C=C\C=C(/C)C(=O)NC2=CC(=O)C(NCCN(C)C)=C(C[C@H](C)C[C@@H](OC)[C@@H](OC(C)=O)[C@H](C)/C=C(\C)[C@H]1OC(N)=O)C2=O. The molecule has 2 rings (SSSR count). The number of nitrogens with zero attached hydrogens (tertiary/aromatic N) is 1. The molecule has 0 aromatic heterocycles. The van der Waals surface area contributed by atoms with E-state index >= 15 is 0 Å². The smallest absolute Gasteiger partial charge is 0.405 e. The number of fused-ring (bicyclic) bond motifs is 2. The number of methoxy groups -OCH3 is 2. The van der Waals surface area contributed by atoms with Gasteiger partial charge in [0.15, 0.2) is 6.10 Å². The van der Waals surface area contributed by atoms with Crippen LogP contribution in [-0.4, -0.2) is 100 Å². The summed E-state index contributed by atoms with van der Waals surface area (Å²) in [6.07, 6.45) is 3.95. The standard InChI is InChI=1S/C34H50N4O9/c1-19-15-24-29(36-13-14-38(6)7)26(40)18-25(30(24)41)37-33(42)20(2)11-10-12-27(44-8)31(47-34(35)43)21(3)17-22(4)32(46-23(5)39)28(16-19)45-9/h10-12,17-19,22,27-28,31-32,36H,13-16H2,1-9H3,(H2,35,43)(H,37,42)/b12-10-,20-11+,21-17+/t19-,22+,27+,28+,31+,32-/m0/s1. The number of hydrogen-bond donors (Lipinski definition) is 3. The van der Waals surface area contributed by atoms with Crippen molar-refractivity contribution in [3.05, 3.63) is 58.5 Å². The summed E-state index contributed by atoms with van der Waals surface area (Å²) in [5, 5.41) is 5.72. The van der Waals surface area contributed by atoms with E-state index in [1.807, 2.05) is 32.8 Å². The Labute approximate surface area is 277 Å². The van der Waals surface area contributed by atoms with Crippen molar-refractivity contribution in [1.29, 1.82) is 0 Å². The summed E-state index contributed by atoms with van der Waals surface area (Å²) < 4.78 is 22.7. The van der Waals surface area contributed by atoms with Gasteiger partial charge < -0.3 is 40.2 Å². The number of primary amides is 1. The monoisotopic (exact) mass is 658 g/mol. The highest BCUT2D eigenvalue weighted by molar-refractivity contribution is 6.23. The minimum Gasteiger partial charge on any atom is -0.459 e. The number of ketones is 2. The van der Waals surface area contributed by atoms with Crippen LogP contribution in [0.3, 0.4) is 0 Å². The minimum absolute atomic E-state index is 0.130. The van der Waals surface area contributed by atoms with E-state index in [0.717, 1.165) is 6.08 Å². The van der Waals surface area contributed by atoms with E-state index in [1.165, 1.54) is 27.2 Å². The summed E-state index contributed by atoms with van der Waals surface area (Å²) in [6.45, 7) is 9.38. The van der Waals surface area contributed by atoms with Crippen LogP contribution < -0.4 is 16.4 Å². The molecular formula is C34H50N4O9. The molecule has 13 nitrogen and oxygen atoms in total. The van der Waals surface area contributed by atoms with Gasteiger partial charge in [-0.3, -0.25) is 19.2 Å². The van der Waals surface area contributed by atoms with Crippen molar-refractivity contribution in [2.45, 2.75) is 71.9 Å². The maximum Gasteiger partial charge on any atom is 0.405 e. The molecule has 4 N–H and O–H groups in total. The number of amides is 2. The molecule has 0 aromatic rings. The Morgan fingerprint density at radius 1 is 1.09 bits per heavy atom. The van der Waals surface area contributed by atoms with Gasteiger partial charge in [-0.2, -0.15) is 0 Å². The minimum atomic E-state index is -1.01. The molecule has 1 heterocycles. The van der Waals surface area contributed by atoms with E-state index in [-0.39, 0.29) is 34.9 Å². The van der Waals surface area contributed by atoms with Gasteiger partial charge in [0.2, 0.25) is 11.6 Å². The fourth-order valence-electron chi connectivity index (χ4n) is 5.54. The van der Waals surface area contributed by atoms with Crippen LogP contribution in [-0.2, 0) is 38.1 Å². The Hall–Kier alpha value is -4.07. The lowest BCUT2D eigenvalue weighted by atomic mass is 9.85. The lowest BCUT2D eigenvalue weighted by Gasteiger charge is -2.32. The fourth-order valence-corrected chi connectivity index (χ4v) is 5.54. The molecule has 1 aliphatic heterocycles. The number of likely N-dealkylation sites (N-methyl/N-ethyl adjacent to an activating group) is 1. The molecule has 2 bridgehead atoms. The van der Waals surface area contributed by atoms with E-state index in [9.17, 15) is 24.0 Å². The Kier molecular flexibility index (Phi) is 15.2. The predicted molar refractivity (Wildman–Crippen MR) is 176 cm³/mol. The highest BCUT2D eigenvalue weighted by Gasteiger charge is 2.35. The molecule has 260 valence electrons. The third kappa shape index (κ3) is 11.6. The van der Waals surface area contributed by atoms with Crippen LogP contribution in [0.15, 0.2) is 58.5 Å². The Morgan fingerprint density at radius 3 is 2.34 bits per heavy atom. The first kappa shape index (κ1) is 39.1. The van der Waals surface area contributed by atoms with Crippen LogP contribution in [0.4, 0.5) is 4.79 Å². The van der Waals surface area contributed by atoms with Gasteiger partial charge in [-0.05, 0) is 52.3 Å². The normalized spacial score (nSPS) is 29.6. The van der Waals surface area contributed by atoms with Gasteiger partial charge >= 0.3 is 12.1 Å². The number of Topliss-reactive ketones (excluding diaryl/α,β-unsaturated/α-hetero) is 1. The predicted octanol–water partition coefficient (Wildman–Crippen LogP) is 2.48. The first-order chi connectivity index (χ1) is 22.1. The third-order valence-corrected chi connectivity index (χ3v) is 7.92. The van der Waals surface area contributed by atoms with Crippen LogP contribution in [0.2, 0.25) is 0 Å². The molecule has 0 fully saturated rings. The summed E-state index contributed by atoms with van der Waals surface area (Å²) in [5.74, 6) is -2.66. The van der Waals surface area contributed by atoms with Crippen molar-refractivity contribution in [3.63, 3.8) is 0 Å². The first-order valence-electron chi connectivity index (χ1n) is 15.6. The second-order valence-electron chi connectivity index (χ2n) is 12.2. The van der Waals surface area contributed by atoms with Crippen molar-refractivity contribution >= 4 is 29.5 Å². The number of rotatable bonds is 8. The first-order valence-corrected chi connectivity index (χ1v) is 15.6. The molecule has 2 aliphatic rings. The van der Waals surface area contributed by atoms with Crippen molar-refractivity contribution in [2.75, 3.05) is 41.4 Å². The van der Waals surface area contributed by atoms with Crippen LogP contribution in [0.1, 0.15) is 47.5 Å². The second kappa shape index (κ2) is 18.3. The van der Waals surface area contributed by atoms with E-state index in [0.29, 0.717) is 25.1 Å². The van der Waals surface area contributed by atoms with Crippen LogP contribution in [0, 0.1) is 11.8 Å². The van der Waals surface area contributed by atoms with E-state index in [1.54, 1.807) is 32.1 Å². The van der Waals surface area contributed by atoms with Crippen LogP contribution >= 0.6 is 0 Å². The number of carbonyl (C=O) groups excluding carboxylic acids is 5. The molecule has 0 unspecified atom stereocenters. The zero-order valence-electron chi connectivity index (χ0n) is 28.9. The number of allylic oxidation sites excluding steroid dienone is 4. The van der Waals surface area contributed by atoms with Gasteiger partial charge in [0.05, 0.1) is 17.5 Å². The number of esters is 1. The highest BCUT2D eigenvalue weighted by atomic mass is 16.6. The summed E-state index contributed by atoms with van der Waals surface area (Å²) in [7, 11) is 6.73. The summed E-state index contributed by atoms with van der Waals surface area (Å²) in [5.41, 5.74) is 6.52. The zero-order chi connectivity index (χ0) is 35.4. The molecule has 47 heavy (non-hydrogen) atoms. The molecular weight excluding hydrogens is 608 g/mol. The summed E-state index contributed by atoms with van der Waals surface area (Å²) in [6, 6.07) is 0. The molecule has 0 saturated heterocycles. The van der Waals surface area contributed by atoms with Gasteiger partial charge in [0.25, 0.3) is 5.91 Å². The molecule has 0 aromatic carbocycles. The molecule has 2 amide bonds. The summed E-state index contributed by atoms with van der Waals surface area (Å²) >= 11 is 0. The Bertz CT molecular complexity index is 1340. The van der Waals surface area contributed by atoms with Crippen molar-refractivity contribution in [1.82, 2.24) is 15.5 Å². The van der Waals surface area contributed by atoms with Crippen LogP contribution in [0.25, 0.3) is 0 Å². The fraction of sp³-hybridized carbons (Fsp3) is 0.559. The van der Waals surface area contributed by atoms with Gasteiger partial charge in [-0.25, -0.2) is 4.79 Å². The van der Waals surface area contributed by atoms with Gasteiger partial charge in [0.1, 0.15) is 12.2 Å². The molecule has 13 heteroatoms. The summed E-state index contributed by atoms with van der Waals surface area (Å²) in [4.78, 5) is 66.4. The van der Waals surface area contributed by atoms with Crippen molar-refractivity contribution in [3.8, 4) is 0 Å². The molecule has 0 saturated carbocycles. The van der Waals surface area contributed by atoms with Gasteiger partial charge in [-0.15, -0.1) is 0 Å². The number of hydrogen-bond acceptors (Lipinski definition) is 11. The zero-order valence-corrected chi connectivity index (χ0v) is 28.9. The van der Waals surface area contributed by atoms with E-state index in [4.69, 9.17) is 24.7 Å². The number of nitrogens with two attached hydrogens (primary N) is 1. The average molecular weight is 659 g/mol. The molecule has 0 spiro atoms. The highest BCUT2D eigenvalue weighted by Crippen LogP contribution is 2.30. The average Bonchev–Trinajstić information content (AvgIpc) is 2.98. The lowest BCUT2D eigenvalue weighted by molar-refractivity contribution is -0.157. The number of nitrogens with one attached hydrogen (secondary N) is 2. The van der Waals surface area contributed by atoms with Gasteiger partial charge in [-0.1, -0.05) is 38.2 Å². The third-order valence-electron chi connectivity index (χ3n) is 7.92. The van der Waals surface area contributed by atoms with Gasteiger partial charge in [0, 0.05) is 57.4 Å². The quantitative estimate of drug-likeness (QED) is 0.199. The lowest BCUT2D eigenvalue weighted by Crippen LogP contribution is -2.40. The van der Waals surface area contributed by atoms with E-state index < -0.39 is 59.9 Å². The Balaban J connectivity index is 2.70. The van der Waals surface area contributed by atoms with Crippen molar-refractivity contribution < 1.29 is 42.9 Å². The maximum absolute atomic E-state index is 13.8. The Morgan fingerprint density at radius 2 is 1.77 bits per heavy atom. The largest absolute Gasteiger partial charge is 0.459 e. The topological polar surface area (TPSA) is 176 Å². The number of ether oxygens (including phenoxy) is 4. The van der Waals surface area contributed by atoms with Crippen molar-refractivity contribution in [2.24, 2.45) is 17.6 Å².